The summed E-state index contributed by atoms with van der Waals surface area (Å²) < 4.78 is 44.6. The van der Waals surface area contributed by atoms with Crippen LogP contribution in [0.1, 0.15) is 34.3 Å². The minimum atomic E-state index is -4.42. The molecule has 1 fully saturated rings. The number of carbonyl (C=O) groups is 1. The number of ether oxygens (including phenoxy) is 1. The number of nitrogens with one attached hydrogen (secondary N) is 1. The lowest BCUT2D eigenvalue weighted by Crippen LogP contribution is -2.43. The molecule has 0 unspecified atom stereocenters. The molecule has 30 heavy (non-hydrogen) atoms. The van der Waals surface area contributed by atoms with E-state index in [1.807, 2.05) is 23.1 Å². The number of nitrogens with zero attached hydrogens (tertiary/aromatic N) is 3. The third-order valence-corrected chi connectivity index (χ3v) is 5.72. The highest BCUT2D eigenvalue weighted by Crippen LogP contribution is 2.44. The van der Waals surface area contributed by atoms with Crippen LogP contribution in [0.5, 0.6) is 0 Å². The third-order valence-electron chi connectivity index (χ3n) is 5.72. The molecule has 0 radical (unpaired) electrons. The lowest BCUT2D eigenvalue weighted by atomic mass is 9.84. The summed E-state index contributed by atoms with van der Waals surface area (Å²) in [7, 11) is 0. The van der Waals surface area contributed by atoms with Crippen LogP contribution in [0.15, 0.2) is 48.5 Å². The SMILES string of the molecule is O=C1OC2(CCN(c3n[nH]c(-c4cccc(C(F)(F)F)c4)n3)CC2)c2ccccc21. The fourth-order valence-electron chi connectivity index (χ4n) is 4.15. The van der Waals surface area contributed by atoms with E-state index in [0.29, 0.717) is 43.0 Å². The van der Waals surface area contributed by atoms with Gasteiger partial charge in [-0.3, -0.25) is 5.10 Å². The van der Waals surface area contributed by atoms with Crippen LogP contribution in [-0.4, -0.2) is 34.2 Å². The van der Waals surface area contributed by atoms with E-state index in [-0.39, 0.29) is 11.8 Å². The van der Waals surface area contributed by atoms with Gasteiger partial charge in [0, 0.05) is 37.1 Å². The summed E-state index contributed by atoms with van der Waals surface area (Å²) in [4.78, 5) is 18.5. The maximum absolute atomic E-state index is 13.0. The molecular weight excluding hydrogens is 397 g/mol. The van der Waals surface area contributed by atoms with E-state index in [1.54, 1.807) is 12.1 Å². The minimum absolute atomic E-state index is 0.272. The number of halogens is 3. The number of piperidine rings is 1. The van der Waals surface area contributed by atoms with Crippen LogP contribution < -0.4 is 4.90 Å². The van der Waals surface area contributed by atoms with Crippen molar-refractivity contribution in [3.8, 4) is 11.4 Å². The number of H-pyrrole nitrogens is 1. The van der Waals surface area contributed by atoms with Gasteiger partial charge in [-0.1, -0.05) is 30.3 Å². The molecule has 2 aliphatic heterocycles. The number of rotatable bonds is 2. The molecule has 1 spiro atoms. The van der Waals surface area contributed by atoms with Gasteiger partial charge in [0.2, 0.25) is 5.95 Å². The average Bonchev–Trinajstić information content (AvgIpc) is 3.33. The highest BCUT2D eigenvalue weighted by Gasteiger charge is 2.47. The molecule has 1 N–H and O–H groups in total. The predicted molar refractivity (Wildman–Crippen MR) is 102 cm³/mol. The van der Waals surface area contributed by atoms with Crippen molar-refractivity contribution in [2.24, 2.45) is 0 Å². The molecule has 3 heterocycles. The standard InChI is InChI=1S/C21H17F3N4O2/c22-21(23,24)14-5-3-4-13(12-14)17-25-19(27-26-17)28-10-8-20(9-11-28)16-7-2-1-6-15(16)18(29)30-20/h1-7,12H,8-11H2,(H,25,26,27). The highest BCUT2D eigenvalue weighted by molar-refractivity contribution is 5.94. The van der Waals surface area contributed by atoms with Gasteiger partial charge >= 0.3 is 12.1 Å². The molecule has 1 saturated heterocycles. The smallest absolute Gasteiger partial charge is 0.416 e. The molecule has 5 rings (SSSR count). The van der Waals surface area contributed by atoms with Gasteiger partial charge < -0.3 is 9.64 Å². The highest BCUT2D eigenvalue weighted by atomic mass is 19.4. The number of esters is 1. The Bertz CT molecular complexity index is 1120. The van der Waals surface area contributed by atoms with Crippen molar-refractivity contribution in [2.75, 3.05) is 18.0 Å². The fourth-order valence-corrected chi connectivity index (χ4v) is 4.15. The summed E-state index contributed by atoms with van der Waals surface area (Å²) >= 11 is 0. The molecule has 3 aromatic rings. The number of fused-ring (bicyclic) bond motifs is 2. The zero-order chi connectivity index (χ0) is 20.9. The molecule has 2 aromatic carbocycles. The van der Waals surface area contributed by atoms with Gasteiger partial charge in [-0.2, -0.15) is 18.2 Å². The van der Waals surface area contributed by atoms with Gasteiger partial charge in [-0.15, -0.1) is 5.10 Å². The van der Waals surface area contributed by atoms with E-state index in [2.05, 4.69) is 15.2 Å². The van der Waals surface area contributed by atoms with Gasteiger partial charge in [0.15, 0.2) is 5.82 Å². The number of aromatic nitrogens is 3. The maximum atomic E-state index is 13.0. The van der Waals surface area contributed by atoms with E-state index in [4.69, 9.17) is 4.74 Å². The summed E-state index contributed by atoms with van der Waals surface area (Å²) in [5.74, 6) is 0.382. The fraction of sp³-hybridized carbons (Fsp3) is 0.286. The van der Waals surface area contributed by atoms with E-state index in [9.17, 15) is 18.0 Å². The zero-order valence-corrected chi connectivity index (χ0v) is 15.7. The zero-order valence-electron chi connectivity index (χ0n) is 15.7. The van der Waals surface area contributed by atoms with Crippen LogP contribution in [0, 0.1) is 0 Å². The second-order valence-corrected chi connectivity index (χ2v) is 7.48. The largest absolute Gasteiger partial charge is 0.450 e. The number of benzene rings is 2. The van der Waals surface area contributed by atoms with Gasteiger partial charge in [-0.05, 0) is 18.2 Å². The van der Waals surface area contributed by atoms with Crippen molar-refractivity contribution in [1.82, 2.24) is 15.2 Å². The Morgan fingerprint density at radius 2 is 1.83 bits per heavy atom. The van der Waals surface area contributed by atoms with Gasteiger partial charge in [-0.25, -0.2) is 4.79 Å². The Labute approximate surface area is 169 Å². The molecule has 0 atom stereocenters. The Kier molecular flexibility index (Phi) is 4.09. The van der Waals surface area contributed by atoms with Gasteiger partial charge in [0.05, 0.1) is 11.1 Å². The second-order valence-electron chi connectivity index (χ2n) is 7.48. The van der Waals surface area contributed by atoms with Crippen LogP contribution in [0.25, 0.3) is 11.4 Å². The molecule has 0 aliphatic carbocycles. The quantitative estimate of drug-likeness (QED) is 0.638. The summed E-state index contributed by atoms with van der Waals surface area (Å²) in [5.41, 5.74) is 0.463. The molecule has 1 aromatic heterocycles. The number of carbonyl (C=O) groups excluding carboxylic acids is 1. The molecule has 6 nitrogen and oxygen atoms in total. The first-order valence-corrected chi connectivity index (χ1v) is 9.54. The van der Waals surface area contributed by atoms with Crippen molar-refractivity contribution in [3.63, 3.8) is 0 Å². The molecule has 2 aliphatic rings. The summed E-state index contributed by atoms with van der Waals surface area (Å²) in [6, 6.07) is 12.4. The topological polar surface area (TPSA) is 71.1 Å². The van der Waals surface area contributed by atoms with Gasteiger partial charge in [0.25, 0.3) is 0 Å². The van der Waals surface area contributed by atoms with E-state index in [0.717, 1.165) is 17.7 Å². The van der Waals surface area contributed by atoms with Crippen LogP contribution in [-0.2, 0) is 16.5 Å². The Hall–Kier alpha value is -3.36. The Balaban J connectivity index is 1.34. The lowest BCUT2D eigenvalue weighted by molar-refractivity contribution is -0.137. The second kappa shape index (κ2) is 6.58. The van der Waals surface area contributed by atoms with Crippen molar-refractivity contribution in [1.29, 1.82) is 0 Å². The van der Waals surface area contributed by atoms with E-state index in [1.165, 1.54) is 6.07 Å². The third kappa shape index (κ3) is 3.01. The first kappa shape index (κ1) is 18.7. The maximum Gasteiger partial charge on any atom is 0.416 e. The van der Waals surface area contributed by atoms with Gasteiger partial charge in [0.1, 0.15) is 5.60 Å². The van der Waals surface area contributed by atoms with E-state index >= 15 is 0 Å². The Morgan fingerprint density at radius 1 is 1.07 bits per heavy atom. The molecule has 0 saturated carbocycles. The first-order chi connectivity index (χ1) is 14.4. The molecule has 0 amide bonds. The predicted octanol–water partition coefficient (Wildman–Crippen LogP) is 4.16. The van der Waals surface area contributed by atoms with Crippen LogP contribution >= 0.6 is 0 Å². The lowest BCUT2D eigenvalue weighted by Gasteiger charge is -2.38. The number of alkyl halides is 3. The number of aromatic amines is 1. The number of anilines is 1. The minimum Gasteiger partial charge on any atom is -0.450 e. The van der Waals surface area contributed by atoms with Crippen LogP contribution in [0.2, 0.25) is 0 Å². The monoisotopic (exact) mass is 414 g/mol. The average molecular weight is 414 g/mol. The number of hydrogen-bond acceptors (Lipinski definition) is 5. The summed E-state index contributed by atoms with van der Waals surface area (Å²) in [5, 5.41) is 6.91. The van der Waals surface area contributed by atoms with E-state index < -0.39 is 17.3 Å². The Morgan fingerprint density at radius 3 is 2.60 bits per heavy atom. The summed E-state index contributed by atoms with van der Waals surface area (Å²) in [6.45, 7) is 1.11. The van der Waals surface area contributed by atoms with Crippen molar-refractivity contribution in [2.45, 2.75) is 24.6 Å². The molecular formula is C21H17F3N4O2. The molecule has 0 bridgehead atoms. The van der Waals surface area contributed by atoms with Crippen LogP contribution in [0.3, 0.4) is 0 Å². The van der Waals surface area contributed by atoms with Crippen molar-refractivity contribution >= 4 is 11.9 Å². The molecule has 9 heteroatoms. The van der Waals surface area contributed by atoms with Crippen molar-refractivity contribution in [3.05, 3.63) is 65.2 Å². The number of hydrogen-bond donors (Lipinski definition) is 1. The molecule has 154 valence electrons. The first-order valence-electron chi connectivity index (χ1n) is 9.54. The normalized spacial score (nSPS) is 17.8. The van der Waals surface area contributed by atoms with Crippen LogP contribution in [0.4, 0.5) is 19.1 Å². The summed E-state index contributed by atoms with van der Waals surface area (Å²) in [6.07, 6.45) is -3.25. The van der Waals surface area contributed by atoms with Crippen molar-refractivity contribution < 1.29 is 22.7 Å².